The molecule has 2 fully saturated rings. The highest BCUT2D eigenvalue weighted by Crippen LogP contribution is 2.48. The SMILES string of the molecule is CC#Cc1cc(C)c(C2C(=O)CC3(CC2=O)CN(S(=O)(=O)c2ccccc2)C3)c(OC)c1. The number of sulfonamides is 1. The maximum Gasteiger partial charge on any atom is 0.243 e. The van der Waals surface area contributed by atoms with Gasteiger partial charge in [0.05, 0.1) is 12.0 Å². The highest BCUT2D eigenvalue weighted by molar-refractivity contribution is 7.89. The largest absolute Gasteiger partial charge is 0.496 e. The molecule has 6 nitrogen and oxygen atoms in total. The van der Waals surface area contributed by atoms with Gasteiger partial charge in [-0.25, -0.2) is 8.42 Å². The second kappa shape index (κ2) is 8.19. The number of hydrogen-bond acceptors (Lipinski definition) is 5. The zero-order chi connectivity index (χ0) is 23.1. The third-order valence-corrected chi connectivity index (χ3v) is 8.08. The number of nitrogens with zero attached hydrogens (tertiary/aromatic N) is 1. The summed E-state index contributed by atoms with van der Waals surface area (Å²) in [6.07, 6.45) is 0.340. The van der Waals surface area contributed by atoms with Crippen molar-refractivity contribution >= 4 is 21.6 Å². The van der Waals surface area contributed by atoms with Gasteiger partial charge in [-0.05, 0) is 43.7 Å². The third kappa shape index (κ3) is 3.74. The number of ketones is 2. The van der Waals surface area contributed by atoms with Crippen LogP contribution in [0.1, 0.15) is 42.4 Å². The van der Waals surface area contributed by atoms with Gasteiger partial charge >= 0.3 is 0 Å². The highest BCUT2D eigenvalue weighted by atomic mass is 32.2. The van der Waals surface area contributed by atoms with Crippen molar-refractivity contribution in [2.45, 2.75) is 37.5 Å². The number of aryl methyl sites for hydroxylation is 1. The Morgan fingerprint density at radius 2 is 1.69 bits per heavy atom. The minimum Gasteiger partial charge on any atom is -0.496 e. The van der Waals surface area contributed by atoms with Crippen molar-refractivity contribution in [1.82, 2.24) is 4.31 Å². The highest BCUT2D eigenvalue weighted by Gasteiger charge is 2.55. The summed E-state index contributed by atoms with van der Waals surface area (Å²) in [5, 5.41) is 0. The quantitative estimate of drug-likeness (QED) is 0.527. The molecule has 4 rings (SSSR count). The average molecular weight is 452 g/mol. The Kier molecular flexibility index (Phi) is 5.70. The van der Waals surface area contributed by atoms with Gasteiger partial charge in [0, 0.05) is 42.5 Å². The smallest absolute Gasteiger partial charge is 0.243 e. The Hall–Kier alpha value is -2.95. The number of rotatable bonds is 4. The molecule has 2 aromatic carbocycles. The predicted octanol–water partition coefficient (Wildman–Crippen LogP) is 3.08. The van der Waals surface area contributed by atoms with E-state index < -0.39 is 21.4 Å². The fourth-order valence-electron chi connectivity index (χ4n) is 4.87. The molecule has 32 heavy (non-hydrogen) atoms. The first kappa shape index (κ1) is 22.3. The van der Waals surface area contributed by atoms with Crippen molar-refractivity contribution in [3.8, 4) is 17.6 Å². The van der Waals surface area contributed by atoms with E-state index in [2.05, 4.69) is 11.8 Å². The molecule has 166 valence electrons. The summed E-state index contributed by atoms with van der Waals surface area (Å²) in [6.45, 7) is 3.94. The maximum absolute atomic E-state index is 13.2. The average Bonchev–Trinajstić information content (AvgIpc) is 2.73. The van der Waals surface area contributed by atoms with E-state index in [0.29, 0.717) is 11.3 Å². The summed E-state index contributed by atoms with van der Waals surface area (Å²) < 4.78 is 32.5. The summed E-state index contributed by atoms with van der Waals surface area (Å²) in [6, 6.07) is 11.8. The van der Waals surface area contributed by atoms with Gasteiger partial charge in [-0.2, -0.15) is 4.31 Å². The Labute approximate surface area is 188 Å². The van der Waals surface area contributed by atoms with E-state index >= 15 is 0 Å². The zero-order valence-corrected chi connectivity index (χ0v) is 19.2. The van der Waals surface area contributed by atoms with Crippen LogP contribution >= 0.6 is 0 Å². The second-order valence-corrected chi connectivity index (χ2v) is 10.5. The predicted molar refractivity (Wildman–Crippen MR) is 120 cm³/mol. The molecule has 1 aliphatic heterocycles. The summed E-state index contributed by atoms with van der Waals surface area (Å²) in [5.74, 6) is 5.03. The van der Waals surface area contributed by atoms with E-state index in [0.717, 1.165) is 11.1 Å². The van der Waals surface area contributed by atoms with Gasteiger partial charge in [0.2, 0.25) is 10.0 Å². The summed E-state index contributed by atoms with van der Waals surface area (Å²) >= 11 is 0. The molecule has 0 radical (unpaired) electrons. The first-order chi connectivity index (χ1) is 15.2. The van der Waals surface area contributed by atoms with E-state index in [4.69, 9.17) is 4.74 Å². The molecule has 0 N–H and O–H groups in total. The van der Waals surface area contributed by atoms with Gasteiger partial charge in [-0.15, -0.1) is 5.92 Å². The molecular formula is C25H25NO5S. The Bertz CT molecular complexity index is 1230. The number of ether oxygens (including phenoxy) is 1. The van der Waals surface area contributed by atoms with E-state index in [1.54, 1.807) is 43.3 Å². The molecule has 0 amide bonds. The molecule has 0 bridgehead atoms. The van der Waals surface area contributed by atoms with Crippen molar-refractivity contribution in [2.75, 3.05) is 20.2 Å². The number of carbonyl (C=O) groups is 2. The second-order valence-electron chi connectivity index (χ2n) is 8.59. The first-order valence-electron chi connectivity index (χ1n) is 10.4. The molecule has 0 atom stereocenters. The maximum atomic E-state index is 13.2. The normalized spacial score (nSPS) is 18.7. The number of Topliss-reactive ketones (excluding diaryl/α,β-unsaturated/α-hetero) is 2. The lowest BCUT2D eigenvalue weighted by atomic mass is 9.64. The topological polar surface area (TPSA) is 80.8 Å². The number of carbonyl (C=O) groups excluding carboxylic acids is 2. The van der Waals surface area contributed by atoms with Crippen LogP contribution in [-0.2, 0) is 19.6 Å². The molecule has 1 saturated heterocycles. The number of hydrogen-bond donors (Lipinski definition) is 0. The fourth-order valence-corrected chi connectivity index (χ4v) is 6.55. The Morgan fingerprint density at radius 3 is 2.25 bits per heavy atom. The van der Waals surface area contributed by atoms with Crippen molar-refractivity contribution in [3.05, 3.63) is 59.2 Å². The lowest BCUT2D eigenvalue weighted by molar-refractivity contribution is -0.140. The molecule has 2 aliphatic rings. The number of benzene rings is 2. The third-order valence-electron chi connectivity index (χ3n) is 6.27. The van der Waals surface area contributed by atoms with Crippen molar-refractivity contribution < 1.29 is 22.7 Å². The fraction of sp³-hybridized carbons (Fsp3) is 0.360. The van der Waals surface area contributed by atoms with Crippen LogP contribution in [0.2, 0.25) is 0 Å². The lowest BCUT2D eigenvalue weighted by Crippen LogP contribution is -2.62. The van der Waals surface area contributed by atoms with Crippen LogP contribution in [0.4, 0.5) is 0 Å². The van der Waals surface area contributed by atoms with E-state index in [9.17, 15) is 18.0 Å². The lowest BCUT2D eigenvalue weighted by Gasteiger charge is -2.51. The molecule has 1 spiro atoms. The molecular weight excluding hydrogens is 426 g/mol. The first-order valence-corrected chi connectivity index (χ1v) is 11.9. The van der Waals surface area contributed by atoms with Crippen LogP contribution < -0.4 is 4.74 Å². The summed E-state index contributed by atoms with van der Waals surface area (Å²) in [5.41, 5.74) is 1.51. The van der Waals surface area contributed by atoms with Crippen molar-refractivity contribution in [1.29, 1.82) is 0 Å². The van der Waals surface area contributed by atoms with Gasteiger partial charge < -0.3 is 4.74 Å². The zero-order valence-electron chi connectivity index (χ0n) is 18.3. The van der Waals surface area contributed by atoms with Crippen molar-refractivity contribution in [3.63, 3.8) is 0 Å². The Morgan fingerprint density at radius 1 is 1.06 bits per heavy atom. The molecule has 1 aliphatic carbocycles. The monoisotopic (exact) mass is 451 g/mol. The van der Waals surface area contributed by atoms with Crippen LogP contribution in [0, 0.1) is 24.2 Å². The van der Waals surface area contributed by atoms with E-state index in [-0.39, 0.29) is 42.4 Å². The molecule has 1 heterocycles. The molecule has 0 unspecified atom stereocenters. The number of methoxy groups -OCH3 is 1. The van der Waals surface area contributed by atoms with Crippen LogP contribution in [-0.4, -0.2) is 44.5 Å². The Balaban J connectivity index is 1.57. The van der Waals surface area contributed by atoms with Crippen LogP contribution in [0.5, 0.6) is 5.75 Å². The van der Waals surface area contributed by atoms with Gasteiger partial charge in [-0.1, -0.05) is 24.1 Å². The van der Waals surface area contributed by atoms with Gasteiger partial charge in [-0.3, -0.25) is 9.59 Å². The molecule has 1 saturated carbocycles. The molecule has 0 aromatic heterocycles. The minimum atomic E-state index is -3.63. The van der Waals surface area contributed by atoms with E-state index in [1.807, 2.05) is 13.0 Å². The summed E-state index contributed by atoms with van der Waals surface area (Å²) in [7, 11) is -2.12. The van der Waals surface area contributed by atoms with Gasteiger partial charge in [0.1, 0.15) is 23.2 Å². The molecule has 7 heteroatoms. The molecule has 2 aromatic rings. The van der Waals surface area contributed by atoms with Crippen LogP contribution in [0.15, 0.2) is 47.4 Å². The van der Waals surface area contributed by atoms with E-state index in [1.165, 1.54) is 11.4 Å². The van der Waals surface area contributed by atoms with Gasteiger partial charge in [0.25, 0.3) is 0 Å². The van der Waals surface area contributed by atoms with Crippen LogP contribution in [0.25, 0.3) is 0 Å². The standard InChI is InChI=1S/C25H25NO5S/c1-4-8-18-11-17(2)23(22(12-18)31-3)24-20(27)13-25(14-21(24)28)15-26(16-25)32(29,30)19-9-6-5-7-10-19/h5-7,9-12,24H,13-16H2,1-3H3. The van der Waals surface area contributed by atoms with Crippen molar-refractivity contribution in [2.24, 2.45) is 5.41 Å². The summed E-state index contributed by atoms with van der Waals surface area (Å²) in [4.78, 5) is 26.6. The van der Waals surface area contributed by atoms with Gasteiger partial charge in [0.15, 0.2) is 0 Å². The minimum absolute atomic E-state index is 0.170. The van der Waals surface area contributed by atoms with Crippen LogP contribution in [0.3, 0.4) is 0 Å².